The van der Waals surface area contributed by atoms with Crippen molar-refractivity contribution in [1.29, 1.82) is 0 Å². The SMILES string of the molecule is Cc1noc([C@H](NC(=O)[C@@H]2CCC[C@@H](C(F)(F)F)C2)C(C)C)n1. The van der Waals surface area contributed by atoms with Gasteiger partial charge in [-0.15, -0.1) is 0 Å². The molecule has 0 bridgehead atoms. The van der Waals surface area contributed by atoms with Crippen LogP contribution in [0.3, 0.4) is 0 Å². The number of nitrogens with zero attached hydrogens (tertiary/aromatic N) is 2. The van der Waals surface area contributed by atoms with Gasteiger partial charge in [-0.1, -0.05) is 25.4 Å². The Morgan fingerprint density at radius 3 is 2.57 bits per heavy atom. The molecule has 1 aromatic rings. The van der Waals surface area contributed by atoms with E-state index in [2.05, 4.69) is 15.5 Å². The molecule has 1 aliphatic rings. The molecular weight excluding hydrogens is 311 g/mol. The maximum absolute atomic E-state index is 12.9. The summed E-state index contributed by atoms with van der Waals surface area (Å²) < 4.78 is 43.7. The van der Waals surface area contributed by atoms with Crippen molar-refractivity contribution in [2.45, 2.75) is 58.7 Å². The molecule has 0 spiro atoms. The van der Waals surface area contributed by atoms with Crippen LogP contribution in [0.2, 0.25) is 0 Å². The Morgan fingerprint density at radius 1 is 1.35 bits per heavy atom. The lowest BCUT2D eigenvalue weighted by Crippen LogP contribution is -2.40. The number of nitrogens with one attached hydrogen (secondary N) is 1. The third-order valence-electron chi connectivity index (χ3n) is 4.28. The third kappa shape index (κ3) is 4.45. The summed E-state index contributed by atoms with van der Waals surface area (Å²) >= 11 is 0. The average molecular weight is 333 g/mol. The van der Waals surface area contributed by atoms with Crippen LogP contribution in [0.4, 0.5) is 13.2 Å². The molecule has 1 aliphatic carbocycles. The van der Waals surface area contributed by atoms with E-state index in [1.165, 1.54) is 0 Å². The quantitative estimate of drug-likeness (QED) is 0.915. The van der Waals surface area contributed by atoms with Gasteiger partial charge in [0.15, 0.2) is 5.82 Å². The van der Waals surface area contributed by atoms with Gasteiger partial charge < -0.3 is 9.84 Å². The monoisotopic (exact) mass is 333 g/mol. The smallest absolute Gasteiger partial charge is 0.344 e. The second-order valence-corrected chi connectivity index (χ2v) is 6.51. The molecule has 0 aromatic carbocycles. The number of carbonyl (C=O) groups excluding carboxylic acids is 1. The normalized spacial score (nSPS) is 23.8. The van der Waals surface area contributed by atoms with Gasteiger partial charge in [0.1, 0.15) is 6.04 Å². The Labute approximate surface area is 133 Å². The first-order valence-electron chi connectivity index (χ1n) is 7.85. The molecule has 1 amide bonds. The van der Waals surface area contributed by atoms with Gasteiger partial charge in [-0.3, -0.25) is 4.79 Å². The second-order valence-electron chi connectivity index (χ2n) is 6.51. The Balaban J connectivity index is 2.04. The molecule has 130 valence electrons. The minimum absolute atomic E-state index is 0.0131. The van der Waals surface area contributed by atoms with Gasteiger partial charge >= 0.3 is 6.18 Å². The highest BCUT2D eigenvalue weighted by atomic mass is 19.4. The van der Waals surface area contributed by atoms with Crippen LogP contribution in [0.1, 0.15) is 57.3 Å². The molecule has 0 radical (unpaired) electrons. The minimum atomic E-state index is -4.24. The lowest BCUT2D eigenvalue weighted by molar-refractivity contribution is -0.186. The summed E-state index contributed by atoms with van der Waals surface area (Å²) in [6.45, 7) is 5.43. The Kier molecular flexibility index (Phi) is 5.31. The van der Waals surface area contributed by atoms with Crippen LogP contribution in [0.25, 0.3) is 0 Å². The Hall–Kier alpha value is -1.60. The summed E-state index contributed by atoms with van der Waals surface area (Å²) in [5.41, 5.74) is 0. The van der Waals surface area contributed by atoms with E-state index in [0.29, 0.717) is 18.7 Å². The fourth-order valence-corrected chi connectivity index (χ4v) is 2.95. The van der Waals surface area contributed by atoms with E-state index in [-0.39, 0.29) is 30.6 Å². The fourth-order valence-electron chi connectivity index (χ4n) is 2.95. The molecule has 5 nitrogen and oxygen atoms in total. The lowest BCUT2D eigenvalue weighted by Gasteiger charge is -2.31. The summed E-state index contributed by atoms with van der Waals surface area (Å²) in [4.78, 5) is 16.5. The molecule has 1 saturated carbocycles. The number of aryl methyl sites for hydroxylation is 1. The first kappa shape index (κ1) is 17.7. The van der Waals surface area contributed by atoms with Crippen LogP contribution in [-0.2, 0) is 4.79 Å². The number of amides is 1. The molecule has 8 heteroatoms. The summed E-state index contributed by atoms with van der Waals surface area (Å²) in [6.07, 6.45) is -3.40. The van der Waals surface area contributed by atoms with Crippen LogP contribution >= 0.6 is 0 Å². The number of hydrogen-bond acceptors (Lipinski definition) is 4. The molecule has 0 saturated heterocycles. The summed E-state index contributed by atoms with van der Waals surface area (Å²) in [7, 11) is 0. The van der Waals surface area contributed by atoms with Gasteiger partial charge in [0.05, 0.1) is 5.92 Å². The van der Waals surface area contributed by atoms with Crippen LogP contribution in [0, 0.1) is 24.7 Å². The summed E-state index contributed by atoms with van der Waals surface area (Å²) in [5, 5.41) is 6.48. The van der Waals surface area contributed by atoms with Gasteiger partial charge in [-0.05, 0) is 32.1 Å². The third-order valence-corrected chi connectivity index (χ3v) is 4.28. The maximum Gasteiger partial charge on any atom is 0.391 e. The molecule has 0 aliphatic heterocycles. The Bertz CT molecular complexity index is 542. The van der Waals surface area contributed by atoms with Gasteiger partial charge in [-0.2, -0.15) is 18.2 Å². The zero-order valence-corrected chi connectivity index (χ0v) is 13.5. The second kappa shape index (κ2) is 6.88. The number of hydrogen-bond donors (Lipinski definition) is 1. The van der Waals surface area contributed by atoms with Crippen molar-refractivity contribution >= 4 is 5.91 Å². The van der Waals surface area contributed by atoms with Crippen LogP contribution in [0.15, 0.2) is 4.52 Å². The highest BCUT2D eigenvalue weighted by Gasteiger charge is 2.44. The fraction of sp³-hybridized carbons (Fsp3) is 0.800. The largest absolute Gasteiger partial charge is 0.391 e. The molecule has 1 aromatic heterocycles. The van der Waals surface area contributed by atoms with Crippen molar-refractivity contribution in [2.24, 2.45) is 17.8 Å². The highest BCUT2D eigenvalue weighted by molar-refractivity contribution is 5.79. The van der Waals surface area contributed by atoms with E-state index in [1.807, 2.05) is 13.8 Å². The topological polar surface area (TPSA) is 68.0 Å². The average Bonchev–Trinajstić information content (AvgIpc) is 2.89. The molecule has 3 atom stereocenters. The van der Waals surface area contributed by atoms with E-state index < -0.39 is 24.1 Å². The Morgan fingerprint density at radius 2 is 2.04 bits per heavy atom. The number of halogens is 3. The van der Waals surface area contributed by atoms with Crippen molar-refractivity contribution in [3.05, 3.63) is 11.7 Å². The van der Waals surface area contributed by atoms with E-state index in [4.69, 9.17) is 4.52 Å². The van der Waals surface area contributed by atoms with E-state index in [0.717, 1.165) is 0 Å². The van der Waals surface area contributed by atoms with E-state index in [1.54, 1.807) is 6.92 Å². The minimum Gasteiger partial charge on any atom is -0.344 e. The van der Waals surface area contributed by atoms with Gasteiger partial charge in [0, 0.05) is 5.92 Å². The molecular formula is C15H22F3N3O2. The molecule has 1 heterocycles. The number of carbonyl (C=O) groups is 1. The highest BCUT2D eigenvalue weighted by Crippen LogP contribution is 2.40. The summed E-state index contributed by atoms with van der Waals surface area (Å²) in [6, 6.07) is -0.491. The van der Waals surface area contributed by atoms with Crippen molar-refractivity contribution < 1.29 is 22.5 Å². The lowest BCUT2D eigenvalue weighted by atomic mass is 9.80. The van der Waals surface area contributed by atoms with Crippen molar-refractivity contribution in [3.8, 4) is 0 Å². The standard InChI is InChI=1S/C15H22F3N3O2/c1-8(2)12(14-19-9(3)21-23-14)20-13(22)10-5-4-6-11(7-10)15(16,17)18/h8,10-12H,4-7H2,1-3H3,(H,20,22)/t10-,11-,12-/m1/s1. The van der Waals surface area contributed by atoms with Crippen molar-refractivity contribution in [3.63, 3.8) is 0 Å². The first-order chi connectivity index (χ1) is 10.7. The van der Waals surface area contributed by atoms with Crippen LogP contribution < -0.4 is 5.32 Å². The molecule has 2 rings (SSSR count). The molecule has 23 heavy (non-hydrogen) atoms. The number of alkyl halides is 3. The zero-order chi connectivity index (χ0) is 17.2. The van der Waals surface area contributed by atoms with Gasteiger partial charge in [0.2, 0.25) is 11.8 Å². The van der Waals surface area contributed by atoms with E-state index in [9.17, 15) is 18.0 Å². The predicted molar refractivity (Wildman–Crippen MR) is 76.3 cm³/mol. The number of aromatic nitrogens is 2. The van der Waals surface area contributed by atoms with Crippen molar-refractivity contribution in [1.82, 2.24) is 15.5 Å². The van der Waals surface area contributed by atoms with Crippen molar-refractivity contribution in [2.75, 3.05) is 0 Å². The molecule has 1 N–H and O–H groups in total. The van der Waals surface area contributed by atoms with Gasteiger partial charge in [0.25, 0.3) is 0 Å². The van der Waals surface area contributed by atoms with Crippen LogP contribution in [0.5, 0.6) is 0 Å². The molecule has 0 unspecified atom stereocenters. The first-order valence-corrected chi connectivity index (χ1v) is 7.85. The van der Waals surface area contributed by atoms with E-state index >= 15 is 0 Å². The van der Waals surface area contributed by atoms with Gasteiger partial charge in [-0.25, -0.2) is 0 Å². The number of rotatable bonds is 4. The zero-order valence-electron chi connectivity index (χ0n) is 13.5. The maximum atomic E-state index is 12.9. The summed E-state index contributed by atoms with van der Waals surface area (Å²) in [5.74, 6) is -1.66. The van der Waals surface area contributed by atoms with Crippen LogP contribution in [-0.4, -0.2) is 22.2 Å². The predicted octanol–water partition coefficient (Wildman–Crippen LogP) is 3.56. The molecule has 1 fully saturated rings.